The van der Waals surface area contributed by atoms with Gasteiger partial charge in [0.1, 0.15) is 5.82 Å². The molecule has 0 aliphatic rings. The van der Waals surface area contributed by atoms with Crippen molar-refractivity contribution < 1.29 is 22.4 Å². The van der Waals surface area contributed by atoms with Crippen molar-refractivity contribution in [3.05, 3.63) is 58.9 Å². The Labute approximate surface area is 161 Å². The fourth-order valence-corrected chi connectivity index (χ4v) is 3.40. The molecule has 2 aromatic carbocycles. The molecule has 0 spiro atoms. The average molecular weight is 414 g/mol. The molecule has 27 heavy (non-hydrogen) atoms. The summed E-state index contributed by atoms with van der Waals surface area (Å²) in [4.78, 5) is 22.8. The molecule has 0 unspecified atom stereocenters. The molecule has 10 heteroatoms. The minimum atomic E-state index is -3.87. The number of halogens is 2. The molecule has 0 saturated carbocycles. The zero-order valence-corrected chi connectivity index (χ0v) is 15.8. The van der Waals surface area contributed by atoms with Gasteiger partial charge in [0.15, 0.2) is 0 Å². The Hall–Kier alpha value is -2.49. The number of hydrogen-bond donors (Lipinski definition) is 3. The van der Waals surface area contributed by atoms with E-state index < -0.39 is 21.7 Å². The predicted octanol–water partition coefficient (Wildman–Crippen LogP) is 2.15. The van der Waals surface area contributed by atoms with Gasteiger partial charge in [-0.15, -0.1) is 0 Å². The molecule has 0 heterocycles. The van der Waals surface area contributed by atoms with Gasteiger partial charge >= 0.3 is 0 Å². The van der Waals surface area contributed by atoms with E-state index in [-0.39, 0.29) is 28.9 Å². The van der Waals surface area contributed by atoms with Gasteiger partial charge in [-0.1, -0.05) is 11.6 Å². The van der Waals surface area contributed by atoms with Crippen molar-refractivity contribution in [2.75, 3.05) is 18.4 Å². The summed E-state index contributed by atoms with van der Waals surface area (Å²) >= 11 is 5.58. The first-order valence-corrected chi connectivity index (χ1v) is 9.66. The Morgan fingerprint density at radius 1 is 1.07 bits per heavy atom. The van der Waals surface area contributed by atoms with Gasteiger partial charge in [0.05, 0.1) is 9.92 Å². The van der Waals surface area contributed by atoms with Crippen LogP contribution in [0.5, 0.6) is 0 Å². The van der Waals surface area contributed by atoms with E-state index >= 15 is 0 Å². The number of rotatable bonds is 7. The first-order chi connectivity index (χ1) is 12.7. The van der Waals surface area contributed by atoms with Crippen LogP contribution in [-0.4, -0.2) is 33.3 Å². The van der Waals surface area contributed by atoms with Crippen molar-refractivity contribution in [2.24, 2.45) is 0 Å². The highest BCUT2D eigenvalue weighted by atomic mass is 35.5. The highest BCUT2D eigenvalue weighted by Gasteiger charge is 2.15. The number of carbonyl (C=O) groups excluding carboxylic acids is 2. The van der Waals surface area contributed by atoms with Gasteiger partial charge in [0.2, 0.25) is 15.9 Å². The normalized spacial score (nSPS) is 11.1. The van der Waals surface area contributed by atoms with Crippen LogP contribution in [-0.2, 0) is 14.8 Å². The number of nitrogens with one attached hydrogen (secondary N) is 3. The molecule has 0 fully saturated rings. The van der Waals surface area contributed by atoms with Crippen LogP contribution in [0.25, 0.3) is 0 Å². The van der Waals surface area contributed by atoms with Gasteiger partial charge in [-0.3, -0.25) is 9.59 Å². The number of sulfonamides is 1. The van der Waals surface area contributed by atoms with Crippen LogP contribution in [0.1, 0.15) is 17.3 Å². The van der Waals surface area contributed by atoms with Crippen LogP contribution in [0.3, 0.4) is 0 Å². The number of carbonyl (C=O) groups is 2. The fraction of sp³-hybridized carbons (Fsp3) is 0.176. The molecule has 0 saturated heterocycles. The van der Waals surface area contributed by atoms with Crippen molar-refractivity contribution in [3.8, 4) is 0 Å². The second-order valence-electron chi connectivity index (χ2n) is 5.49. The molecule has 2 rings (SSSR count). The molecule has 0 radical (unpaired) electrons. The van der Waals surface area contributed by atoms with E-state index in [1.807, 2.05) is 0 Å². The van der Waals surface area contributed by atoms with E-state index in [9.17, 15) is 22.4 Å². The standard InChI is InChI=1S/C17H17ClFN3O4S/c1-11(23)22-13-4-2-12(3-5-13)17(24)20-8-9-21-27(25,26)14-6-7-16(19)15(18)10-14/h2-7,10,21H,8-9H2,1H3,(H,20,24)(H,22,23). The number of benzene rings is 2. The Morgan fingerprint density at radius 3 is 2.33 bits per heavy atom. The largest absolute Gasteiger partial charge is 0.351 e. The van der Waals surface area contributed by atoms with Crippen LogP contribution >= 0.6 is 11.6 Å². The summed E-state index contributed by atoms with van der Waals surface area (Å²) in [5, 5.41) is 4.85. The number of amides is 2. The third-order valence-corrected chi connectivity index (χ3v) is 5.12. The molecule has 7 nitrogen and oxygen atoms in total. The molecule has 0 atom stereocenters. The lowest BCUT2D eigenvalue weighted by atomic mass is 10.2. The van der Waals surface area contributed by atoms with Gasteiger partial charge in [-0.25, -0.2) is 17.5 Å². The lowest BCUT2D eigenvalue weighted by Gasteiger charge is -2.09. The molecule has 2 amide bonds. The van der Waals surface area contributed by atoms with E-state index in [2.05, 4.69) is 15.4 Å². The lowest BCUT2D eigenvalue weighted by Crippen LogP contribution is -2.34. The van der Waals surface area contributed by atoms with Gasteiger partial charge in [0, 0.05) is 31.3 Å². The quantitative estimate of drug-likeness (QED) is 0.605. The summed E-state index contributed by atoms with van der Waals surface area (Å²) in [5.41, 5.74) is 0.919. The van der Waals surface area contributed by atoms with Crippen molar-refractivity contribution >= 4 is 39.1 Å². The van der Waals surface area contributed by atoms with Crippen molar-refractivity contribution in [1.82, 2.24) is 10.0 Å². The zero-order chi connectivity index (χ0) is 20.0. The molecule has 0 aliphatic carbocycles. The number of anilines is 1. The minimum absolute atomic E-state index is 0.0421. The van der Waals surface area contributed by atoms with Gasteiger partial charge in [-0.05, 0) is 42.5 Å². The monoisotopic (exact) mass is 413 g/mol. The fourth-order valence-electron chi connectivity index (χ4n) is 2.10. The summed E-state index contributed by atoms with van der Waals surface area (Å²) in [5.74, 6) is -1.33. The Kier molecular flexibility index (Phi) is 6.89. The van der Waals surface area contributed by atoms with Crippen LogP contribution in [0.4, 0.5) is 10.1 Å². The van der Waals surface area contributed by atoms with E-state index in [1.54, 1.807) is 12.1 Å². The summed E-state index contributed by atoms with van der Waals surface area (Å²) in [6.45, 7) is 1.36. The summed E-state index contributed by atoms with van der Waals surface area (Å²) < 4.78 is 39.6. The first-order valence-electron chi connectivity index (χ1n) is 7.79. The predicted molar refractivity (Wildman–Crippen MR) is 99.7 cm³/mol. The molecule has 0 bridgehead atoms. The Bertz CT molecular complexity index is 949. The highest BCUT2D eigenvalue weighted by molar-refractivity contribution is 7.89. The molecule has 3 N–H and O–H groups in total. The van der Waals surface area contributed by atoms with Gasteiger partial charge in [-0.2, -0.15) is 0 Å². The maximum absolute atomic E-state index is 13.1. The van der Waals surface area contributed by atoms with Gasteiger partial charge in [0.25, 0.3) is 5.91 Å². The maximum atomic E-state index is 13.1. The third-order valence-electron chi connectivity index (χ3n) is 3.37. The number of hydrogen-bond acceptors (Lipinski definition) is 4. The van der Waals surface area contributed by atoms with Crippen molar-refractivity contribution in [1.29, 1.82) is 0 Å². The molecule has 144 valence electrons. The van der Waals surface area contributed by atoms with Crippen molar-refractivity contribution in [2.45, 2.75) is 11.8 Å². The molecule has 0 aliphatic heterocycles. The van der Waals surface area contributed by atoms with Crippen molar-refractivity contribution in [3.63, 3.8) is 0 Å². The van der Waals surface area contributed by atoms with E-state index in [0.29, 0.717) is 11.3 Å². The molecular weight excluding hydrogens is 397 g/mol. The first kappa shape index (κ1) is 20.8. The Balaban J connectivity index is 1.85. The second kappa shape index (κ2) is 8.94. The minimum Gasteiger partial charge on any atom is -0.351 e. The zero-order valence-electron chi connectivity index (χ0n) is 14.3. The third kappa shape index (κ3) is 6.02. The second-order valence-corrected chi connectivity index (χ2v) is 7.66. The molecular formula is C17H17ClFN3O4S. The van der Waals surface area contributed by atoms with Crippen LogP contribution in [0.2, 0.25) is 5.02 Å². The van der Waals surface area contributed by atoms with E-state index in [4.69, 9.17) is 11.6 Å². The molecule has 0 aromatic heterocycles. The summed E-state index contributed by atoms with van der Waals surface area (Å²) in [6, 6.07) is 9.29. The average Bonchev–Trinajstić information content (AvgIpc) is 2.61. The lowest BCUT2D eigenvalue weighted by molar-refractivity contribution is -0.114. The Morgan fingerprint density at radius 2 is 1.74 bits per heavy atom. The van der Waals surface area contributed by atoms with E-state index in [0.717, 1.165) is 18.2 Å². The highest BCUT2D eigenvalue weighted by Crippen LogP contribution is 2.19. The maximum Gasteiger partial charge on any atom is 0.251 e. The van der Waals surface area contributed by atoms with Crippen LogP contribution in [0, 0.1) is 5.82 Å². The molecule has 2 aromatic rings. The smallest absolute Gasteiger partial charge is 0.251 e. The van der Waals surface area contributed by atoms with Gasteiger partial charge < -0.3 is 10.6 Å². The van der Waals surface area contributed by atoms with Crippen LogP contribution in [0.15, 0.2) is 47.4 Å². The topological polar surface area (TPSA) is 104 Å². The SMILES string of the molecule is CC(=O)Nc1ccc(C(=O)NCCNS(=O)(=O)c2ccc(F)c(Cl)c2)cc1. The van der Waals surface area contributed by atoms with Crippen LogP contribution < -0.4 is 15.4 Å². The summed E-state index contributed by atoms with van der Waals surface area (Å²) in [6.07, 6.45) is 0. The van der Waals surface area contributed by atoms with E-state index in [1.165, 1.54) is 19.1 Å². The summed E-state index contributed by atoms with van der Waals surface area (Å²) in [7, 11) is -3.87.